The Morgan fingerprint density at radius 2 is 2.24 bits per heavy atom. The number of nitrogens with two attached hydrogens (primary N) is 1. The van der Waals surface area contributed by atoms with Gasteiger partial charge in [-0.1, -0.05) is 12.1 Å². The molecule has 1 aliphatic rings. The maximum absolute atomic E-state index is 13.2. The highest BCUT2D eigenvalue weighted by atomic mass is 32.2. The smallest absolute Gasteiger partial charge is 0.124 e. The van der Waals surface area contributed by atoms with Gasteiger partial charge in [0.15, 0.2) is 0 Å². The number of pyridine rings is 1. The highest BCUT2D eigenvalue weighted by Crippen LogP contribution is 2.33. The lowest BCUT2D eigenvalue weighted by atomic mass is 9.83. The SMILES string of the molecule is NC(CSc1cccc(F)c1)C1CCCc2cccnc21. The fourth-order valence-corrected chi connectivity index (χ4v) is 3.92. The average molecular weight is 302 g/mol. The second-order valence-corrected chi connectivity index (χ2v) is 6.57. The van der Waals surface area contributed by atoms with Gasteiger partial charge >= 0.3 is 0 Å². The molecule has 1 aromatic carbocycles. The predicted molar refractivity (Wildman–Crippen MR) is 85.0 cm³/mol. The van der Waals surface area contributed by atoms with Crippen molar-refractivity contribution in [1.29, 1.82) is 0 Å². The summed E-state index contributed by atoms with van der Waals surface area (Å²) in [5.41, 5.74) is 8.89. The lowest BCUT2D eigenvalue weighted by molar-refractivity contribution is 0.477. The van der Waals surface area contributed by atoms with Crippen LogP contribution in [-0.4, -0.2) is 16.8 Å². The standard InChI is InChI=1S/C17H19FN2S/c18-13-6-2-7-14(10-13)21-11-16(19)15-8-1-4-12-5-3-9-20-17(12)15/h2-3,5-7,9-10,15-16H,1,4,8,11,19H2. The zero-order chi connectivity index (χ0) is 14.7. The number of nitrogens with zero attached hydrogens (tertiary/aromatic N) is 1. The van der Waals surface area contributed by atoms with Gasteiger partial charge in [0.1, 0.15) is 5.82 Å². The van der Waals surface area contributed by atoms with Crippen molar-refractivity contribution in [2.75, 3.05) is 5.75 Å². The van der Waals surface area contributed by atoms with Crippen molar-refractivity contribution in [2.45, 2.75) is 36.1 Å². The van der Waals surface area contributed by atoms with Crippen LogP contribution in [0.3, 0.4) is 0 Å². The molecule has 1 aromatic heterocycles. The highest BCUT2D eigenvalue weighted by Gasteiger charge is 2.26. The quantitative estimate of drug-likeness (QED) is 0.874. The van der Waals surface area contributed by atoms with Gasteiger partial charge in [0.2, 0.25) is 0 Å². The Hall–Kier alpha value is -1.39. The molecule has 2 aromatic rings. The molecule has 21 heavy (non-hydrogen) atoms. The molecule has 0 radical (unpaired) electrons. The van der Waals surface area contributed by atoms with E-state index in [1.807, 2.05) is 18.3 Å². The first-order chi connectivity index (χ1) is 10.2. The number of benzene rings is 1. The molecular formula is C17H19FN2S. The van der Waals surface area contributed by atoms with Crippen LogP contribution in [0, 0.1) is 5.82 Å². The summed E-state index contributed by atoms with van der Waals surface area (Å²) in [6.07, 6.45) is 5.21. The fourth-order valence-electron chi connectivity index (χ4n) is 2.93. The number of halogens is 1. The van der Waals surface area contributed by atoms with Crippen LogP contribution in [0.2, 0.25) is 0 Å². The largest absolute Gasteiger partial charge is 0.326 e. The summed E-state index contributed by atoms with van der Waals surface area (Å²) in [5, 5.41) is 0. The average Bonchev–Trinajstić information content (AvgIpc) is 2.52. The minimum absolute atomic E-state index is 0.0483. The first kappa shape index (κ1) is 14.5. The van der Waals surface area contributed by atoms with E-state index in [0.29, 0.717) is 5.92 Å². The Labute approximate surface area is 129 Å². The Bertz CT molecular complexity index is 617. The summed E-state index contributed by atoms with van der Waals surface area (Å²) in [6.45, 7) is 0. The molecular weight excluding hydrogens is 283 g/mol. The van der Waals surface area contributed by atoms with Crippen LogP contribution >= 0.6 is 11.8 Å². The fraction of sp³-hybridized carbons (Fsp3) is 0.353. The zero-order valence-electron chi connectivity index (χ0n) is 11.8. The summed E-state index contributed by atoms with van der Waals surface area (Å²) in [7, 11) is 0. The van der Waals surface area contributed by atoms with Gasteiger partial charge in [-0.2, -0.15) is 0 Å². The van der Waals surface area contributed by atoms with Crippen molar-refractivity contribution in [3.05, 3.63) is 59.7 Å². The summed E-state index contributed by atoms with van der Waals surface area (Å²) in [4.78, 5) is 5.47. The van der Waals surface area contributed by atoms with Gasteiger partial charge in [0.05, 0.1) is 0 Å². The number of hydrogen-bond donors (Lipinski definition) is 1. The van der Waals surface area contributed by atoms with Crippen molar-refractivity contribution in [1.82, 2.24) is 4.98 Å². The molecule has 2 nitrogen and oxygen atoms in total. The van der Waals surface area contributed by atoms with Gasteiger partial charge in [-0.05, 0) is 49.1 Å². The topological polar surface area (TPSA) is 38.9 Å². The molecule has 110 valence electrons. The number of aromatic nitrogens is 1. The Kier molecular flexibility index (Phi) is 4.56. The lowest BCUT2D eigenvalue weighted by Crippen LogP contribution is -2.33. The molecule has 0 spiro atoms. The number of fused-ring (bicyclic) bond motifs is 1. The van der Waals surface area contributed by atoms with E-state index in [4.69, 9.17) is 5.73 Å². The van der Waals surface area contributed by atoms with E-state index in [2.05, 4.69) is 11.1 Å². The monoisotopic (exact) mass is 302 g/mol. The van der Waals surface area contributed by atoms with E-state index in [1.165, 1.54) is 18.1 Å². The van der Waals surface area contributed by atoms with Crippen molar-refractivity contribution in [3.63, 3.8) is 0 Å². The zero-order valence-corrected chi connectivity index (χ0v) is 12.7. The van der Waals surface area contributed by atoms with Crippen LogP contribution < -0.4 is 5.73 Å². The molecule has 1 aliphatic carbocycles. The summed E-state index contributed by atoms with van der Waals surface area (Å²) in [5.74, 6) is 0.902. The number of rotatable bonds is 4. The van der Waals surface area contributed by atoms with Crippen LogP contribution in [0.1, 0.15) is 30.0 Å². The van der Waals surface area contributed by atoms with Crippen LogP contribution in [-0.2, 0) is 6.42 Å². The molecule has 0 fully saturated rings. The van der Waals surface area contributed by atoms with Crippen LogP contribution in [0.4, 0.5) is 4.39 Å². The minimum atomic E-state index is -0.196. The summed E-state index contributed by atoms with van der Waals surface area (Å²) >= 11 is 1.62. The first-order valence-corrected chi connectivity index (χ1v) is 8.30. The molecule has 2 atom stereocenters. The lowest BCUT2D eigenvalue weighted by Gasteiger charge is -2.28. The van der Waals surface area contributed by atoms with Gasteiger partial charge in [0, 0.05) is 34.5 Å². The van der Waals surface area contributed by atoms with Crippen molar-refractivity contribution >= 4 is 11.8 Å². The maximum atomic E-state index is 13.2. The first-order valence-electron chi connectivity index (χ1n) is 7.32. The van der Waals surface area contributed by atoms with E-state index in [-0.39, 0.29) is 11.9 Å². The molecule has 3 rings (SSSR count). The molecule has 0 aliphatic heterocycles. The van der Waals surface area contributed by atoms with E-state index < -0.39 is 0 Å². The maximum Gasteiger partial charge on any atom is 0.124 e. The van der Waals surface area contributed by atoms with Crippen molar-refractivity contribution < 1.29 is 4.39 Å². The van der Waals surface area contributed by atoms with Crippen LogP contribution in [0.25, 0.3) is 0 Å². The van der Waals surface area contributed by atoms with Gasteiger partial charge in [-0.25, -0.2) is 4.39 Å². The van der Waals surface area contributed by atoms with Gasteiger partial charge in [-0.15, -0.1) is 11.8 Å². The van der Waals surface area contributed by atoms with Crippen LogP contribution in [0.5, 0.6) is 0 Å². The molecule has 4 heteroatoms. The van der Waals surface area contributed by atoms with Gasteiger partial charge < -0.3 is 5.73 Å². The van der Waals surface area contributed by atoms with E-state index >= 15 is 0 Å². The molecule has 2 N–H and O–H groups in total. The molecule has 1 heterocycles. The molecule has 0 amide bonds. The van der Waals surface area contributed by atoms with Crippen LogP contribution in [0.15, 0.2) is 47.5 Å². The van der Waals surface area contributed by atoms with Gasteiger partial charge in [0.25, 0.3) is 0 Å². The second-order valence-electron chi connectivity index (χ2n) is 5.48. The molecule has 0 saturated carbocycles. The van der Waals surface area contributed by atoms with E-state index in [1.54, 1.807) is 23.9 Å². The summed E-state index contributed by atoms with van der Waals surface area (Å²) in [6, 6.07) is 10.9. The predicted octanol–water partition coefficient (Wildman–Crippen LogP) is 3.76. The number of hydrogen-bond acceptors (Lipinski definition) is 3. The Morgan fingerprint density at radius 1 is 1.33 bits per heavy atom. The molecule has 0 bridgehead atoms. The third kappa shape index (κ3) is 3.44. The van der Waals surface area contributed by atoms with E-state index in [0.717, 1.165) is 29.2 Å². The number of thioether (sulfide) groups is 1. The Morgan fingerprint density at radius 3 is 3.10 bits per heavy atom. The van der Waals surface area contributed by atoms with E-state index in [9.17, 15) is 4.39 Å². The normalized spacial score (nSPS) is 19.0. The van der Waals surface area contributed by atoms with Gasteiger partial charge in [-0.3, -0.25) is 4.98 Å². The minimum Gasteiger partial charge on any atom is -0.326 e. The molecule has 2 unspecified atom stereocenters. The van der Waals surface area contributed by atoms with Crippen molar-refractivity contribution in [3.8, 4) is 0 Å². The van der Waals surface area contributed by atoms with Crippen molar-refractivity contribution in [2.24, 2.45) is 5.73 Å². The number of aryl methyl sites for hydroxylation is 1. The second kappa shape index (κ2) is 6.58. The Balaban J connectivity index is 1.67. The molecule has 0 saturated heterocycles. The highest BCUT2D eigenvalue weighted by molar-refractivity contribution is 7.99. The third-order valence-corrected chi connectivity index (χ3v) is 5.13. The summed E-state index contributed by atoms with van der Waals surface area (Å²) < 4.78 is 13.2. The third-order valence-electron chi connectivity index (χ3n) is 3.99.